The van der Waals surface area contributed by atoms with E-state index in [0.717, 1.165) is 5.69 Å². The van der Waals surface area contributed by atoms with E-state index in [4.69, 9.17) is 11.6 Å². The van der Waals surface area contributed by atoms with Gasteiger partial charge in [-0.1, -0.05) is 0 Å². The number of hydrogen-bond acceptors (Lipinski definition) is 3. The lowest BCUT2D eigenvalue weighted by Crippen LogP contribution is -2.26. The van der Waals surface area contributed by atoms with Crippen LogP contribution in [0.3, 0.4) is 0 Å². The smallest absolute Gasteiger partial charge is 0.322 e. The van der Waals surface area contributed by atoms with Crippen molar-refractivity contribution in [1.29, 1.82) is 0 Å². The molecule has 0 aliphatic heterocycles. The highest BCUT2D eigenvalue weighted by molar-refractivity contribution is 6.21. The first-order chi connectivity index (χ1) is 7.88. The Morgan fingerprint density at radius 3 is 2.82 bits per heavy atom. The van der Waals surface area contributed by atoms with E-state index in [2.05, 4.69) is 4.98 Å². The van der Waals surface area contributed by atoms with Crippen molar-refractivity contribution in [2.75, 3.05) is 18.5 Å². The van der Waals surface area contributed by atoms with E-state index in [9.17, 15) is 13.6 Å². The number of likely N-dealkylation sites (N-methyl/N-ethyl adjacent to an activating group) is 1. The van der Waals surface area contributed by atoms with Crippen LogP contribution in [0.2, 0.25) is 0 Å². The van der Waals surface area contributed by atoms with Crippen molar-refractivity contribution in [3.8, 4) is 0 Å². The van der Waals surface area contributed by atoms with E-state index in [-0.39, 0.29) is 18.7 Å². The van der Waals surface area contributed by atoms with Gasteiger partial charge >= 0.3 is 5.38 Å². The number of anilines is 1. The molecule has 0 bridgehead atoms. The number of nitrogens with zero attached hydrogens (tertiary/aromatic N) is 2. The topological polar surface area (TPSA) is 33.2 Å². The Morgan fingerprint density at radius 2 is 2.29 bits per heavy atom. The molecular formula is C11H13ClF2N2O. The maximum absolute atomic E-state index is 12.3. The number of aromatic nitrogens is 1. The maximum atomic E-state index is 12.3. The molecule has 0 fully saturated rings. The summed E-state index contributed by atoms with van der Waals surface area (Å²) < 4.78 is 24.7. The average Bonchev–Trinajstić information content (AvgIpc) is 2.27. The Bertz CT molecular complexity index is 367. The highest BCUT2D eigenvalue weighted by Gasteiger charge is 2.25. The van der Waals surface area contributed by atoms with Crippen molar-refractivity contribution in [2.24, 2.45) is 0 Å². The Kier molecular flexibility index (Phi) is 4.81. The standard InChI is InChI=1S/C11H13ClF2N2O/c1-16(9-3-2-6-15-7-9)8-10(17)4-5-11(12,13)14/h2-3,6-7H,4-5,8H2,1H3. The van der Waals surface area contributed by atoms with Crippen LogP contribution in [-0.2, 0) is 4.79 Å². The van der Waals surface area contributed by atoms with Crippen molar-refractivity contribution >= 4 is 23.1 Å². The fourth-order valence-corrected chi connectivity index (χ4v) is 1.39. The lowest BCUT2D eigenvalue weighted by molar-refractivity contribution is -0.118. The molecule has 94 valence electrons. The minimum Gasteiger partial charge on any atom is -0.366 e. The second-order valence-electron chi connectivity index (χ2n) is 3.72. The predicted octanol–water partition coefficient (Wildman–Crippen LogP) is 2.70. The molecule has 0 atom stereocenters. The van der Waals surface area contributed by atoms with Gasteiger partial charge in [-0.2, -0.15) is 8.78 Å². The summed E-state index contributed by atoms with van der Waals surface area (Å²) in [6.45, 7) is 0.0681. The third kappa shape index (κ3) is 5.58. The normalized spacial score (nSPS) is 11.3. The zero-order valence-electron chi connectivity index (χ0n) is 9.37. The molecule has 0 saturated heterocycles. The molecule has 1 aromatic rings. The number of ketones is 1. The first kappa shape index (κ1) is 13.8. The van der Waals surface area contributed by atoms with Gasteiger partial charge in [0.25, 0.3) is 0 Å². The van der Waals surface area contributed by atoms with Gasteiger partial charge in [-0.15, -0.1) is 0 Å². The monoisotopic (exact) mass is 262 g/mol. The molecule has 0 unspecified atom stereocenters. The van der Waals surface area contributed by atoms with Crippen molar-refractivity contribution < 1.29 is 13.6 Å². The average molecular weight is 263 g/mol. The SMILES string of the molecule is CN(CC(=O)CCC(F)(F)Cl)c1cccnc1. The van der Waals surface area contributed by atoms with E-state index in [1.807, 2.05) is 0 Å². The van der Waals surface area contributed by atoms with Gasteiger partial charge in [0.2, 0.25) is 0 Å². The van der Waals surface area contributed by atoms with Crippen molar-refractivity contribution in [3.05, 3.63) is 24.5 Å². The molecule has 0 aliphatic carbocycles. The van der Waals surface area contributed by atoms with Crippen LogP contribution in [0.25, 0.3) is 0 Å². The minimum absolute atomic E-state index is 0.0681. The van der Waals surface area contributed by atoms with Gasteiger partial charge in [0, 0.05) is 26.1 Å². The summed E-state index contributed by atoms with van der Waals surface area (Å²) >= 11 is 4.72. The second kappa shape index (κ2) is 5.91. The van der Waals surface area contributed by atoms with E-state index in [1.165, 1.54) is 0 Å². The molecule has 0 aromatic carbocycles. The lowest BCUT2D eigenvalue weighted by atomic mass is 10.2. The largest absolute Gasteiger partial charge is 0.366 e. The molecule has 0 saturated carbocycles. The molecule has 1 heterocycles. The van der Waals surface area contributed by atoms with Gasteiger partial charge in [0.15, 0.2) is 5.78 Å². The molecule has 1 aromatic heterocycles. The summed E-state index contributed by atoms with van der Waals surface area (Å²) in [5.74, 6) is -0.281. The zero-order valence-corrected chi connectivity index (χ0v) is 10.1. The van der Waals surface area contributed by atoms with E-state index in [1.54, 1.807) is 36.5 Å². The lowest BCUT2D eigenvalue weighted by Gasteiger charge is -2.18. The van der Waals surface area contributed by atoms with Crippen LogP contribution in [-0.4, -0.2) is 29.7 Å². The van der Waals surface area contributed by atoms with Gasteiger partial charge in [-0.3, -0.25) is 9.78 Å². The molecular weight excluding hydrogens is 250 g/mol. The fraction of sp³-hybridized carbons (Fsp3) is 0.455. The number of halogens is 3. The minimum atomic E-state index is -3.30. The van der Waals surface area contributed by atoms with Gasteiger partial charge in [0.1, 0.15) is 0 Å². The third-order valence-electron chi connectivity index (χ3n) is 2.19. The molecule has 3 nitrogen and oxygen atoms in total. The Balaban J connectivity index is 2.42. The van der Waals surface area contributed by atoms with Gasteiger partial charge < -0.3 is 4.90 Å². The zero-order chi connectivity index (χ0) is 12.9. The van der Waals surface area contributed by atoms with Gasteiger partial charge in [0.05, 0.1) is 18.4 Å². The first-order valence-electron chi connectivity index (χ1n) is 5.08. The summed E-state index contributed by atoms with van der Waals surface area (Å²) in [5.41, 5.74) is 0.762. The molecule has 0 spiro atoms. The van der Waals surface area contributed by atoms with Crippen LogP contribution in [0.4, 0.5) is 14.5 Å². The number of alkyl halides is 3. The molecule has 1 rings (SSSR count). The highest BCUT2D eigenvalue weighted by Crippen LogP contribution is 2.24. The molecule has 0 aliphatic rings. The second-order valence-corrected chi connectivity index (χ2v) is 4.27. The number of Topliss-reactive ketones (excluding diaryl/α,β-unsaturated/α-hetero) is 1. The van der Waals surface area contributed by atoms with Crippen molar-refractivity contribution in [1.82, 2.24) is 4.98 Å². The number of rotatable bonds is 6. The van der Waals surface area contributed by atoms with E-state index in [0.29, 0.717) is 0 Å². The fourth-order valence-electron chi connectivity index (χ4n) is 1.30. The van der Waals surface area contributed by atoms with Crippen LogP contribution in [0.15, 0.2) is 24.5 Å². The number of carbonyl (C=O) groups excluding carboxylic acids is 1. The summed E-state index contributed by atoms with van der Waals surface area (Å²) in [7, 11) is 1.70. The highest BCUT2D eigenvalue weighted by atomic mass is 35.5. The molecule has 0 amide bonds. The Morgan fingerprint density at radius 1 is 1.59 bits per heavy atom. The summed E-state index contributed by atoms with van der Waals surface area (Å²) in [6.07, 6.45) is 2.35. The van der Waals surface area contributed by atoms with Gasteiger partial charge in [-0.05, 0) is 23.7 Å². The molecule has 17 heavy (non-hydrogen) atoms. The summed E-state index contributed by atoms with van der Waals surface area (Å²) in [6, 6.07) is 3.53. The quantitative estimate of drug-likeness (QED) is 0.739. The third-order valence-corrected chi connectivity index (χ3v) is 2.38. The predicted molar refractivity (Wildman–Crippen MR) is 62.5 cm³/mol. The van der Waals surface area contributed by atoms with Crippen molar-refractivity contribution in [3.63, 3.8) is 0 Å². The van der Waals surface area contributed by atoms with Crippen LogP contribution in [0, 0.1) is 0 Å². The first-order valence-corrected chi connectivity index (χ1v) is 5.46. The van der Waals surface area contributed by atoms with Crippen LogP contribution in [0.1, 0.15) is 12.8 Å². The summed E-state index contributed by atoms with van der Waals surface area (Å²) in [5, 5.41) is -3.30. The van der Waals surface area contributed by atoms with Crippen LogP contribution in [0.5, 0.6) is 0 Å². The van der Waals surface area contributed by atoms with E-state index < -0.39 is 11.8 Å². The Hall–Kier alpha value is -1.23. The Labute approximate surface area is 103 Å². The van der Waals surface area contributed by atoms with Gasteiger partial charge in [-0.25, -0.2) is 0 Å². The maximum Gasteiger partial charge on any atom is 0.322 e. The molecule has 0 radical (unpaired) electrons. The van der Waals surface area contributed by atoms with Crippen LogP contribution < -0.4 is 4.90 Å². The van der Waals surface area contributed by atoms with E-state index >= 15 is 0 Å². The molecule has 6 heteroatoms. The molecule has 0 N–H and O–H groups in total. The van der Waals surface area contributed by atoms with Crippen molar-refractivity contribution in [2.45, 2.75) is 18.2 Å². The number of carbonyl (C=O) groups is 1. The number of hydrogen-bond donors (Lipinski definition) is 0. The van der Waals surface area contributed by atoms with Crippen LogP contribution >= 0.6 is 11.6 Å². The number of pyridine rings is 1. The summed E-state index contributed by atoms with van der Waals surface area (Å²) in [4.78, 5) is 17.0.